The van der Waals surface area contributed by atoms with Gasteiger partial charge < -0.3 is 193 Å². The predicted molar refractivity (Wildman–Crippen MR) is 384 cm³/mol. The third kappa shape index (κ3) is 16.7. The molecule has 42 nitrogen and oxygen atoms in total. The minimum Gasteiger partial charge on any atom is -0.479 e. The van der Waals surface area contributed by atoms with Crippen molar-refractivity contribution in [3.8, 4) is 0 Å². The van der Waals surface area contributed by atoms with E-state index >= 15 is 4.79 Å². The molecule has 4 saturated carbocycles. The molecule has 13 aliphatic rings. The van der Waals surface area contributed by atoms with Gasteiger partial charge in [0.25, 0.3) is 0 Å². The molecule has 680 valence electrons. The van der Waals surface area contributed by atoms with Crippen LogP contribution in [-0.4, -0.2) is 404 Å². The molecule has 0 aromatic rings. The summed E-state index contributed by atoms with van der Waals surface area (Å²) >= 11 is 0. The Balaban J connectivity index is 0.766. The first-order chi connectivity index (χ1) is 55.8. The van der Waals surface area contributed by atoms with Crippen molar-refractivity contribution < 1.29 is 207 Å². The Bertz CT molecular complexity index is 3550. The second-order valence-electron chi connectivity index (χ2n) is 36.6. The minimum atomic E-state index is -2.25. The molecule has 0 amide bonds. The molecule has 47 atom stereocenters. The molecular formula is C77H120O42. The van der Waals surface area contributed by atoms with Gasteiger partial charge in [-0.05, 0) is 111 Å². The van der Waals surface area contributed by atoms with Gasteiger partial charge in [-0.1, -0.05) is 53.2 Å². The fourth-order valence-electron chi connectivity index (χ4n) is 21.6. The van der Waals surface area contributed by atoms with Crippen LogP contribution in [0.1, 0.15) is 120 Å². The van der Waals surface area contributed by atoms with Crippen LogP contribution in [0.15, 0.2) is 11.6 Å². The summed E-state index contributed by atoms with van der Waals surface area (Å²) in [4.78, 5) is 55.4. The summed E-state index contributed by atoms with van der Waals surface area (Å²) in [5.41, 5.74) is -5.26. The van der Waals surface area contributed by atoms with E-state index in [1.807, 2.05) is 13.8 Å². The van der Waals surface area contributed by atoms with Crippen LogP contribution in [0.25, 0.3) is 0 Å². The maximum Gasteiger partial charge on any atom is 0.335 e. The molecule has 5 aliphatic carbocycles. The predicted octanol–water partition coefficient (Wildman–Crippen LogP) is -7.95. The zero-order valence-corrected chi connectivity index (χ0v) is 67.3. The number of allylic oxidation sites excluding steroid dienone is 2. The molecule has 42 heteroatoms. The number of carbonyl (C=O) groups excluding carboxylic acids is 3. The molecule has 0 aromatic heterocycles. The first kappa shape index (κ1) is 93.1. The fourth-order valence-corrected chi connectivity index (χ4v) is 21.6. The van der Waals surface area contributed by atoms with E-state index in [9.17, 15) is 122 Å². The molecule has 0 aromatic carbocycles. The van der Waals surface area contributed by atoms with Crippen LogP contribution in [0.5, 0.6) is 0 Å². The van der Waals surface area contributed by atoms with Crippen LogP contribution in [0.3, 0.4) is 0 Å². The molecule has 119 heavy (non-hydrogen) atoms. The third-order valence-electron chi connectivity index (χ3n) is 28.8. The monoisotopic (exact) mass is 1720 g/mol. The van der Waals surface area contributed by atoms with Gasteiger partial charge >= 0.3 is 17.9 Å². The minimum absolute atomic E-state index is 0.0233. The number of aldehydes is 1. The first-order valence-electron chi connectivity index (χ1n) is 40.8. The number of aliphatic carboxylic acids is 1. The van der Waals surface area contributed by atoms with E-state index in [0.29, 0.717) is 38.5 Å². The lowest BCUT2D eigenvalue weighted by molar-refractivity contribution is -0.397. The lowest BCUT2D eigenvalue weighted by atomic mass is 9.33. The van der Waals surface area contributed by atoms with E-state index in [4.69, 9.17) is 80.5 Å². The zero-order chi connectivity index (χ0) is 86.9. The fraction of sp³-hybridized carbons (Fsp3) is 0.922. The number of fused-ring (bicyclic) bond motifs is 7. The maximum atomic E-state index is 16.1. The quantitative estimate of drug-likeness (QED) is 0.0220. The highest BCUT2D eigenvalue weighted by atomic mass is 16.8. The largest absolute Gasteiger partial charge is 0.479 e. The smallest absolute Gasteiger partial charge is 0.335 e. The summed E-state index contributed by atoms with van der Waals surface area (Å²) in [5, 5.41) is 235. The summed E-state index contributed by atoms with van der Waals surface area (Å²) < 4.78 is 102. The number of aliphatic hydroxyl groups is 20. The Kier molecular flexibility index (Phi) is 27.8. The van der Waals surface area contributed by atoms with Crippen LogP contribution in [-0.2, 0) is 99.7 Å². The van der Waals surface area contributed by atoms with Crippen molar-refractivity contribution >= 4 is 24.2 Å². The molecule has 0 bridgehead atoms. The Hall–Kier alpha value is -3.58. The van der Waals surface area contributed by atoms with E-state index in [0.717, 1.165) is 18.8 Å². The molecule has 8 saturated heterocycles. The lowest BCUT2D eigenvalue weighted by Crippen LogP contribution is -2.69. The van der Waals surface area contributed by atoms with Gasteiger partial charge in [-0.15, -0.1) is 0 Å². The number of carbonyl (C=O) groups is 4. The van der Waals surface area contributed by atoms with Gasteiger partial charge in [0.1, 0.15) is 171 Å². The van der Waals surface area contributed by atoms with Crippen molar-refractivity contribution in [1.82, 2.24) is 0 Å². The van der Waals surface area contributed by atoms with Gasteiger partial charge in [-0.2, -0.15) is 0 Å². The summed E-state index contributed by atoms with van der Waals surface area (Å²) in [5.74, 6) is -5.14. The lowest BCUT2D eigenvalue weighted by Gasteiger charge is -2.71. The van der Waals surface area contributed by atoms with Crippen molar-refractivity contribution in [1.29, 1.82) is 0 Å². The highest BCUT2D eigenvalue weighted by Gasteiger charge is 2.74. The number of hydrogen-bond donors (Lipinski definition) is 21. The number of ether oxygens (including phenoxy) is 17. The van der Waals surface area contributed by atoms with E-state index < -0.39 is 335 Å². The molecule has 8 aliphatic heterocycles. The average Bonchev–Trinajstić information content (AvgIpc) is 0.668. The van der Waals surface area contributed by atoms with E-state index in [-0.39, 0.29) is 25.2 Å². The SMILES string of the molecule is CC(=O)OC[C@H]1O[C@@H](O[C@H]2[C@@H](O)[C@H](O[C@H]3[C@H](OC(=O)[C@]45CCC(C)(C)C[C@H]4C4=CC[C@@H]6[C@@]7(C)CC[C@H](O[C@@H]8O[C@H](C(=O)O)[C@@H](O)[C@H](O[C@@H]9OC[C@@H](O)[C@H](O)[C@H]9O)[C@H]8O[C@@H]8O[C@H](CO)[C@H](O)[C@H](O)[C@H]8O)[C@@](C)(C=O)[C@@H]7CC[C@@]6(C)[C@]4(C)C[C@H]5O)O[C@H](C)[C@H](O)[C@@H]3O)O[C@@H](C)[C@@H]2O[C@@H]2OC[C@@H](O)[C@H](O[C@@H]3OC[C@@H](O)[C@H](O)[C@H]3O)[C@H]2O)[C@H](O)[C@@H](O)[C@@H]1O. The standard InChI is InChI=1S/C77H120O42/c1-26-40(85)47(92)60(117-68-54(99)58(115-67-51(96)46(91)44(89)35(110-67)24-103-28(3)80)55(27(2)108-68)112-65-53(98)56(33(83)23-106-65)113-63-48(93)41(86)31(81)21-104-63)69(107-26)119-71(102)77-17-16-72(4,5)18-30(77)29-10-11-37-73(6)14-13-39(74(7,25-79)36(73)12-15-75(37,8)76(29,9)19-38(77)84)111-70-61(118-66-50(95)45(90)43(88)34(20-78)109-66)57(52(97)59(116-70)62(100)101)114-64-49(94)42(87)32(82)22-105-64/h10,25-27,30-61,63-70,78,81-99H,11-24H2,1-9H3,(H,100,101)/t26-,27+,30+,31-,32-,33-,34-,35-,36-,37-,38-,39+,40+,41+,42+,43+,44-,45+,46+,47+,48-,49-,50-,51-,52+,53-,54-,55+,56+,57+,58+,59+,60-,61-,63+,64+,65+,66+,67+,68+,69+,70-,73+,74+,75-,76-,77-/m1/s1. The number of carboxylic acids is 1. The van der Waals surface area contributed by atoms with Gasteiger partial charge in [-0.25, -0.2) is 4.79 Å². The number of rotatable bonds is 21. The number of hydrogen-bond acceptors (Lipinski definition) is 41. The zero-order valence-electron chi connectivity index (χ0n) is 67.3. The van der Waals surface area contributed by atoms with Crippen LogP contribution in [0.2, 0.25) is 0 Å². The van der Waals surface area contributed by atoms with Gasteiger partial charge in [0.05, 0.1) is 56.3 Å². The topological polar surface area (TPSA) is 650 Å². The third-order valence-corrected chi connectivity index (χ3v) is 28.8. The molecule has 0 spiro atoms. The molecule has 0 radical (unpaired) electrons. The molecule has 12 fully saturated rings. The van der Waals surface area contributed by atoms with Gasteiger partial charge in [0.2, 0.25) is 6.29 Å². The average molecular weight is 1720 g/mol. The van der Waals surface area contributed by atoms with Gasteiger partial charge in [-0.3, -0.25) is 9.59 Å². The molecule has 0 unspecified atom stereocenters. The van der Waals surface area contributed by atoms with Crippen LogP contribution in [0, 0.1) is 50.2 Å². The second kappa shape index (κ2) is 35.6. The first-order valence-corrected chi connectivity index (χ1v) is 40.8. The highest BCUT2D eigenvalue weighted by molar-refractivity contribution is 5.80. The van der Waals surface area contributed by atoms with Crippen LogP contribution >= 0.6 is 0 Å². The van der Waals surface area contributed by atoms with Crippen molar-refractivity contribution in [3.05, 3.63) is 11.6 Å². The Labute approximate surface area is 683 Å². The second-order valence-corrected chi connectivity index (χ2v) is 36.6. The van der Waals surface area contributed by atoms with Crippen LogP contribution < -0.4 is 0 Å². The number of aliphatic hydroxyl groups excluding tert-OH is 20. The van der Waals surface area contributed by atoms with Crippen molar-refractivity contribution in [2.45, 2.75) is 360 Å². The van der Waals surface area contributed by atoms with Crippen molar-refractivity contribution in [3.63, 3.8) is 0 Å². The normalized spacial score (nSPS) is 53.8. The molecular weight excluding hydrogens is 1600 g/mol. The summed E-state index contributed by atoms with van der Waals surface area (Å²) in [6, 6.07) is 0. The summed E-state index contributed by atoms with van der Waals surface area (Å²) in [7, 11) is 0. The van der Waals surface area contributed by atoms with Gasteiger partial charge in [0.15, 0.2) is 56.2 Å². The van der Waals surface area contributed by atoms with Crippen molar-refractivity contribution in [2.75, 3.05) is 33.0 Å². The number of esters is 2. The van der Waals surface area contributed by atoms with E-state index in [1.165, 1.54) is 13.8 Å². The Morgan fingerprint density at radius 3 is 1.58 bits per heavy atom. The number of carboxylic acid groups (broad SMARTS) is 1. The molecule has 13 rings (SSSR count). The van der Waals surface area contributed by atoms with Gasteiger partial charge in [0, 0.05) is 6.92 Å². The molecule has 21 N–H and O–H groups in total. The Morgan fingerprint density at radius 1 is 0.471 bits per heavy atom. The summed E-state index contributed by atoms with van der Waals surface area (Å²) in [6.45, 7) is 12.4. The van der Waals surface area contributed by atoms with E-state index in [2.05, 4.69) is 26.8 Å². The van der Waals surface area contributed by atoms with Crippen LogP contribution in [0.4, 0.5) is 0 Å². The maximum absolute atomic E-state index is 16.1. The van der Waals surface area contributed by atoms with E-state index in [1.54, 1.807) is 6.92 Å². The Morgan fingerprint density at radius 2 is 0.983 bits per heavy atom. The van der Waals surface area contributed by atoms with Crippen molar-refractivity contribution in [2.24, 2.45) is 50.2 Å². The summed E-state index contributed by atoms with van der Waals surface area (Å²) in [6.07, 6.45) is -67.6. The molecule has 8 heterocycles. The highest BCUT2D eigenvalue weighted by Crippen LogP contribution is 2.76.